The molecular weight excluding hydrogens is 1160 g/mol. The Morgan fingerprint density at radius 3 is 0.924 bits per heavy atom. The topological polar surface area (TPSA) is 108 Å². The summed E-state index contributed by atoms with van der Waals surface area (Å²) in [5, 5.41) is 0. The summed E-state index contributed by atoms with van der Waals surface area (Å²) < 4.78 is 34.8. The van der Waals surface area contributed by atoms with E-state index in [9.17, 15) is 19.0 Å². The van der Waals surface area contributed by atoms with Crippen molar-refractivity contribution in [3.8, 4) is 0 Å². The van der Waals surface area contributed by atoms with Gasteiger partial charge in [0.25, 0.3) is 0 Å². The number of nitrogens with zero attached hydrogens (tertiary/aromatic N) is 1. The molecule has 0 saturated carbocycles. The fourth-order valence-corrected chi connectivity index (χ4v) is 12.7. The maximum absolute atomic E-state index is 12.9. The minimum Gasteiger partial charge on any atom is -0.462 e. The first-order valence-corrected chi connectivity index (χ1v) is 41.5. The summed E-state index contributed by atoms with van der Waals surface area (Å²) in [6, 6.07) is 0. The lowest BCUT2D eigenvalue weighted by atomic mass is 10.0. The molecule has 0 aromatic carbocycles. The minimum atomic E-state index is -4.40. The van der Waals surface area contributed by atoms with Crippen molar-refractivity contribution in [3.05, 3.63) is 60.8 Å². The van der Waals surface area contributed by atoms with Crippen molar-refractivity contribution < 1.29 is 42.1 Å². The Morgan fingerprint density at radius 1 is 0.348 bits per heavy atom. The lowest BCUT2D eigenvalue weighted by molar-refractivity contribution is -0.870. The molecular formula is C82H155NO8P+. The van der Waals surface area contributed by atoms with Crippen LogP contribution in [-0.2, 0) is 32.7 Å². The number of rotatable bonds is 75. The van der Waals surface area contributed by atoms with Gasteiger partial charge in [0.1, 0.15) is 19.8 Å². The number of carbonyl (C=O) groups is 2. The van der Waals surface area contributed by atoms with Crippen LogP contribution in [0.3, 0.4) is 0 Å². The number of carbonyl (C=O) groups excluding carboxylic acids is 2. The first-order valence-electron chi connectivity index (χ1n) is 40.0. The highest BCUT2D eigenvalue weighted by molar-refractivity contribution is 7.47. The average molecular weight is 1310 g/mol. The molecule has 1 N–H and O–H groups in total. The number of ether oxygens (including phenoxy) is 2. The smallest absolute Gasteiger partial charge is 0.462 e. The van der Waals surface area contributed by atoms with E-state index in [1.165, 1.54) is 295 Å². The van der Waals surface area contributed by atoms with Crippen LogP contribution in [0.25, 0.3) is 0 Å². The SMILES string of the molecule is CC/C=C\C/C=C\C/C=C\C/C=C\C/C=C\CCCCCCCCCCCCCCCC(=O)OC(COC(=O)CCCCCCCCCCCCCCCCCCCCCCCCCCCCCCCCCCCCCCCCC)COP(=O)(O)OCC[N+](C)(C)C. The van der Waals surface area contributed by atoms with Crippen LogP contribution in [0.5, 0.6) is 0 Å². The second kappa shape index (κ2) is 73.0. The molecule has 0 aliphatic heterocycles. The molecule has 0 bridgehead atoms. The minimum absolute atomic E-state index is 0.0322. The Kier molecular flexibility index (Phi) is 71.2. The van der Waals surface area contributed by atoms with Crippen LogP contribution in [0.15, 0.2) is 60.8 Å². The van der Waals surface area contributed by atoms with E-state index in [0.29, 0.717) is 23.9 Å². The highest BCUT2D eigenvalue weighted by Gasteiger charge is 2.27. The van der Waals surface area contributed by atoms with Crippen molar-refractivity contribution in [2.45, 2.75) is 405 Å². The molecule has 0 spiro atoms. The lowest BCUT2D eigenvalue weighted by Gasteiger charge is -2.24. The van der Waals surface area contributed by atoms with Gasteiger partial charge in [-0.15, -0.1) is 0 Å². The van der Waals surface area contributed by atoms with Crippen molar-refractivity contribution in [2.24, 2.45) is 0 Å². The number of allylic oxidation sites excluding steroid dienone is 10. The zero-order chi connectivity index (χ0) is 66.9. The quantitative estimate of drug-likeness (QED) is 0.0211. The fourth-order valence-electron chi connectivity index (χ4n) is 12.0. The molecule has 0 aromatic heterocycles. The summed E-state index contributed by atoms with van der Waals surface area (Å²) in [5.74, 6) is -0.780. The number of phosphoric acid groups is 1. The van der Waals surface area contributed by atoms with Gasteiger partial charge in [0.15, 0.2) is 6.10 Å². The normalized spacial score (nSPS) is 13.3. The van der Waals surface area contributed by atoms with Gasteiger partial charge in [-0.25, -0.2) is 4.57 Å². The zero-order valence-electron chi connectivity index (χ0n) is 61.8. The van der Waals surface area contributed by atoms with Gasteiger partial charge in [-0.2, -0.15) is 0 Å². The molecule has 540 valence electrons. The second-order valence-electron chi connectivity index (χ2n) is 28.4. The van der Waals surface area contributed by atoms with Crippen molar-refractivity contribution in [1.29, 1.82) is 0 Å². The number of hydrogen-bond donors (Lipinski definition) is 1. The van der Waals surface area contributed by atoms with Crippen molar-refractivity contribution in [1.82, 2.24) is 0 Å². The molecule has 0 saturated heterocycles. The predicted octanol–water partition coefficient (Wildman–Crippen LogP) is 26.5. The summed E-state index contributed by atoms with van der Waals surface area (Å²) in [6.45, 7) is 4.39. The third kappa shape index (κ3) is 76.7. The largest absolute Gasteiger partial charge is 0.472 e. The summed E-state index contributed by atoms with van der Waals surface area (Å²) in [7, 11) is 1.49. The van der Waals surface area contributed by atoms with Crippen LogP contribution >= 0.6 is 7.82 Å². The lowest BCUT2D eigenvalue weighted by Crippen LogP contribution is -2.37. The highest BCUT2D eigenvalue weighted by Crippen LogP contribution is 2.43. The van der Waals surface area contributed by atoms with E-state index in [-0.39, 0.29) is 25.6 Å². The van der Waals surface area contributed by atoms with Gasteiger partial charge < -0.3 is 18.9 Å². The molecule has 10 heteroatoms. The third-order valence-electron chi connectivity index (χ3n) is 18.1. The average Bonchev–Trinajstić information content (AvgIpc) is 2.14. The van der Waals surface area contributed by atoms with Crippen LogP contribution < -0.4 is 0 Å². The Bertz CT molecular complexity index is 1740. The third-order valence-corrected chi connectivity index (χ3v) is 19.0. The molecule has 0 amide bonds. The van der Waals surface area contributed by atoms with Gasteiger partial charge in [0, 0.05) is 12.8 Å². The van der Waals surface area contributed by atoms with Crippen LogP contribution in [0, 0.1) is 0 Å². The van der Waals surface area contributed by atoms with Crippen LogP contribution in [-0.4, -0.2) is 74.9 Å². The van der Waals surface area contributed by atoms with Gasteiger partial charge in [0.2, 0.25) is 0 Å². The summed E-state index contributed by atoms with van der Waals surface area (Å²) in [5.41, 5.74) is 0. The molecule has 0 rings (SSSR count). The maximum atomic E-state index is 12.9. The molecule has 0 aliphatic rings. The molecule has 92 heavy (non-hydrogen) atoms. The predicted molar refractivity (Wildman–Crippen MR) is 400 cm³/mol. The van der Waals surface area contributed by atoms with Gasteiger partial charge in [-0.1, -0.05) is 389 Å². The van der Waals surface area contributed by atoms with E-state index in [1.54, 1.807) is 0 Å². The van der Waals surface area contributed by atoms with Crippen LogP contribution in [0.4, 0.5) is 0 Å². The molecule has 0 radical (unpaired) electrons. The number of unbranched alkanes of at least 4 members (excludes halogenated alkanes) is 51. The number of phosphoric ester groups is 1. The van der Waals surface area contributed by atoms with E-state index in [0.717, 1.165) is 70.6 Å². The Hall–Kier alpha value is -2.29. The van der Waals surface area contributed by atoms with Crippen LogP contribution in [0.2, 0.25) is 0 Å². The monoisotopic (exact) mass is 1310 g/mol. The molecule has 0 aromatic rings. The first kappa shape index (κ1) is 89.7. The van der Waals surface area contributed by atoms with Gasteiger partial charge in [-0.3, -0.25) is 18.6 Å². The standard InChI is InChI=1S/C82H154NO8P/c1-6-8-10-12-14-16-18-20-22-24-26-28-30-32-34-36-37-38-39-40-41-42-43-44-45-47-48-50-52-54-56-58-60-62-64-66-68-70-72-74-81(84)88-78-80(79-90-92(86,87)89-77-76-83(3,4)5)91-82(85)75-73-71-69-67-65-63-61-59-57-55-53-51-49-46-35-33-31-29-27-25-23-21-19-17-15-13-11-9-7-2/h9,11,15,17,21,23,27,29,33,35,80H,6-8,10,12-14,16,18-20,22,24-26,28,30-32,34,36-79H2,1-5H3/p+1/b11-9-,17-15-,23-21-,29-27-,35-33-. The molecule has 0 heterocycles. The molecule has 2 unspecified atom stereocenters. The number of likely N-dealkylation sites (N-methyl/N-ethyl adjacent to an activating group) is 1. The maximum Gasteiger partial charge on any atom is 0.472 e. The van der Waals surface area contributed by atoms with Crippen molar-refractivity contribution in [2.75, 3.05) is 47.5 Å². The van der Waals surface area contributed by atoms with Gasteiger partial charge in [-0.05, 0) is 57.8 Å². The summed E-state index contributed by atoms with van der Waals surface area (Å²) >= 11 is 0. The van der Waals surface area contributed by atoms with Crippen molar-refractivity contribution in [3.63, 3.8) is 0 Å². The number of quaternary nitrogens is 1. The second-order valence-corrected chi connectivity index (χ2v) is 29.9. The molecule has 2 atom stereocenters. The zero-order valence-corrected chi connectivity index (χ0v) is 62.7. The molecule has 9 nitrogen and oxygen atoms in total. The van der Waals surface area contributed by atoms with E-state index in [4.69, 9.17) is 18.5 Å². The van der Waals surface area contributed by atoms with Crippen molar-refractivity contribution >= 4 is 19.8 Å². The Labute approximate surface area is 572 Å². The first-order chi connectivity index (χ1) is 45.0. The summed E-state index contributed by atoms with van der Waals surface area (Å²) in [6.07, 6.45) is 98.1. The summed E-state index contributed by atoms with van der Waals surface area (Å²) in [4.78, 5) is 36.0. The fraction of sp³-hybridized carbons (Fsp3) is 0.854. The highest BCUT2D eigenvalue weighted by atomic mass is 31.2. The van der Waals surface area contributed by atoms with E-state index < -0.39 is 26.5 Å². The van der Waals surface area contributed by atoms with Gasteiger partial charge >= 0.3 is 19.8 Å². The van der Waals surface area contributed by atoms with Crippen LogP contribution in [0.1, 0.15) is 399 Å². The Morgan fingerprint density at radius 2 is 0.620 bits per heavy atom. The van der Waals surface area contributed by atoms with E-state index >= 15 is 0 Å². The van der Waals surface area contributed by atoms with Gasteiger partial charge in [0.05, 0.1) is 27.7 Å². The number of hydrogen-bond acceptors (Lipinski definition) is 7. The Balaban J connectivity index is 3.90. The molecule has 0 fully saturated rings. The van der Waals surface area contributed by atoms with E-state index in [2.05, 4.69) is 74.6 Å². The number of esters is 2. The van der Waals surface area contributed by atoms with E-state index in [1.807, 2.05) is 21.1 Å². The molecule has 0 aliphatic carbocycles.